The number of ether oxygens (including phenoxy) is 1. The van der Waals surface area contributed by atoms with Gasteiger partial charge >= 0.3 is 0 Å². The highest BCUT2D eigenvalue weighted by molar-refractivity contribution is 5.98. The molecule has 0 radical (unpaired) electrons. The minimum atomic E-state index is -0.380. The lowest BCUT2D eigenvalue weighted by Gasteiger charge is -2.16. The molecule has 0 fully saturated rings. The highest BCUT2D eigenvalue weighted by atomic mass is 16.5. The van der Waals surface area contributed by atoms with E-state index in [1.165, 1.54) is 12.1 Å². The number of carbonyl (C=O) groups excluding carboxylic acids is 1. The first kappa shape index (κ1) is 14.7. The fourth-order valence-corrected chi connectivity index (χ4v) is 2.01. The zero-order chi connectivity index (χ0) is 15.4. The van der Waals surface area contributed by atoms with E-state index in [0.717, 1.165) is 11.3 Å². The predicted octanol–water partition coefficient (Wildman–Crippen LogP) is 2.47. The number of para-hydroxylation sites is 1. The van der Waals surface area contributed by atoms with Crippen molar-refractivity contribution in [3.8, 4) is 11.5 Å². The van der Waals surface area contributed by atoms with Gasteiger partial charge in [-0.3, -0.25) is 4.79 Å². The minimum absolute atomic E-state index is 0.157. The zero-order valence-corrected chi connectivity index (χ0v) is 12.0. The Bertz CT molecular complexity index is 656. The van der Waals surface area contributed by atoms with Crippen molar-refractivity contribution in [2.24, 2.45) is 0 Å². The second-order valence-corrected chi connectivity index (χ2v) is 4.72. The number of aromatic hydroxyl groups is 1. The summed E-state index contributed by atoms with van der Waals surface area (Å²) in [6.07, 6.45) is 0. The van der Waals surface area contributed by atoms with E-state index in [9.17, 15) is 9.90 Å². The van der Waals surface area contributed by atoms with Gasteiger partial charge in [0.2, 0.25) is 0 Å². The van der Waals surface area contributed by atoms with Crippen LogP contribution in [0.5, 0.6) is 11.5 Å². The number of amides is 1. The maximum atomic E-state index is 12.2. The molecule has 110 valence electrons. The van der Waals surface area contributed by atoms with Crippen molar-refractivity contribution < 1.29 is 14.6 Å². The Kier molecular flexibility index (Phi) is 4.33. The second kappa shape index (κ2) is 6.17. The van der Waals surface area contributed by atoms with Crippen molar-refractivity contribution in [3.05, 3.63) is 53.6 Å². The Balaban J connectivity index is 2.16. The first-order valence-corrected chi connectivity index (χ1v) is 6.55. The van der Waals surface area contributed by atoms with Gasteiger partial charge in [0.1, 0.15) is 5.75 Å². The lowest BCUT2D eigenvalue weighted by molar-refractivity contribution is 0.0937. The van der Waals surface area contributed by atoms with E-state index >= 15 is 0 Å². The average Bonchev–Trinajstić information content (AvgIpc) is 2.49. The summed E-state index contributed by atoms with van der Waals surface area (Å²) in [7, 11) is 1.59. The Morgan fingerprint density at radius 1 is 1.29 bits per heavy atom. The number of nitrogen functional groups attached to an aromatic ring is 1. The Labute approximate surface area is 123 Å². The van der Waals surface area contributed by atoms with Crippen LogP contribution in [0.1, 0.15) is 28.9 Å². The van der Waals surface area contributed by atoms with E-state index in [1.807, 2.05) is 31.2 Å². The van der Waals surface area contributed by atoms with Crippen LogP contribution >= 0.6 is 0 Å². The average molecular weight is 286 g/mol. The van der Waals surface area contributed by atoms with Crippen molar-refractivity contribution in [2.75, 3.05) is 12.8 Å². The molecule has 5 nitrogen and oxygen atoms in total. The van der Waals surface area contributed by atoms with Crippen LogP contribution in [0.3, 0.4) is 0 Å². The van der Waals surface area contributed by atoms with Crippen LogP contribution < -0.4 is 15.8 Å². The van der Waals surface area contributed by atoms with E-state index in [-0.39, 0.29) is 28.9 Å². The third-order valence-corrected chi connectivity index (χ3v) is 3.25. The number of methoxy groups -OCH3 is 1. The predicted molar refractivity (Wildman–Crippen MR) is 81.4 cm³/mol. The van der Waals surface area contributed by atoms with E-state index < -0.39 is 0 Å². The monoisotopic (exact) mass is 286 g/mol. The fraction of sp³-hybridized carbons (Fsp3) is 0.188. The molecule has 0 heterocycles. The first-order valence-electron chi connectivity index (χ1n) is 6.55. The van der Waals surface area contributed by atoms with Gasteiger partial charge in [-0.05, 0) is 36.8 Å². The minimum Gasteiger partial charge on any atom is -0.505 e. The van der Waals surface area contributed by atoms with Crippen LogP contribution in [0.4, 0.5) is 5.69 Å². The standard InChI is InChI=1S/C16H18N2O3/c1-10(11-5-3-6-12(9-11)21-2)18-16(20)13-7-4-8-14(17)15(13)19/h3-10,19H,17H2,1-2H3,(H,18,20). The summed E-state index contributed by atoms with van der Waals surface area (Å²) in [6.45, 7) is 1.86. The van der Waals surface area contributed by atoms with E-state index in [1.54, 1.807) is 13.2 Å². The molecule has 1 amide bonds. The van der Waals surface area contributed by atoms with E-state index in [2.05, 4.69) is 5.32 Å². The largest absolute Gasteiger partial charge is 0.505 e. The number of hydrogen-bond donors (Lipinski definition) is 3. The number of carbonyl (C=O) groups is 1. The molecular formula is C16H18N2O3. The van der Waals surface area contributed by atoms with Gasteiger partial charge in [-0.25, -0.2) is 0 Å². The molecule has 0 bridgehead atoms. The van der Waals surface area contributed by atoms with Crippen LogP contribution in [0.2, 0.25) is 0 Å². The SMILES string of the molecule is COc1cccc(C(C)NC(=O)c2cccc(N)c2O)c1. The number of phenolic OH excluding ortho intramolecular Hbond substituents is 1. The van der Waals surface area contributed by atoms with Crippen LogP contribution in [0, 0.1) is 0 Å². The molecule has 0 saturated heterocycles. The molecule has 2 aromatic rings. The second-order valence-electron chi connectivity index (χ2n) is 4.72. The molecule has 1 atom stereocenters. The van der Waals surface area contributed by atoms with E-state index in [4.69, 9.17) is 10.5 Å². The molecule has 0 spiro atoms. The number of nitrogens with one attached hydrogen (secondary N) is 1. The van der Waals surface area contributed by atoms with Crippen molar-refractivity contribution >= 4 is 11.6 Å². The first-order chi connectivity index (χ1) is 10.0. The molecule has 0 saturated carbocycles. The number of phenols is 1. The van der Waals surface area contributed by atoms with Gasteiger partial charge < -0.3 is 20.9 Å². The normalized spacial score (nSPS) is 11.7. The summed E-state index contributed by atoms with van der Waals surface area (Å²) in [4.78, 5) is 12.2. The topological polar surface area (TPSA) is 84.6 Å². The Morgan fingerprint density at radius 2 is 2.00 bits per heavy atom. The molecule has 0 aromatic heterocycles. The Morgan fingerprint density at radius 3 is 2.71 bits per heavy atom. The number of nitrogens with two attached hydrogens (primary N) is 1. The smallest absolute Gasteiger partial charge is 0.255 e. The molecule has 2 rings (SSSR count). The van der Waals surface area contributed by atoms with Gasteiger partial charge in [0, 0.05) is 0 Å². The summed E-state index contributed by atoms with van der Waals surface area (Å²) in [5, 5.41) is 12.6. The van der Waals surface area contributed by atoms with Gasteiger partial charge in [-0.1, -0.05) is 18.2 Å². The van der Waals surface area contributed by atoms with Crippen LogP contribution in [0.25, 0.3) is 0 Å². The molecule has 2 aromatic carbocycles. The van der Waals surface area contributed by atoms with Crippen molar-refractivity contribution in [1.29, 1.82) is 0 Å². The number of hydrogen-bond acceptors (Lipinski definition) is 4. The van der Waals surface area contributed by atoms with E-state index in [0.29, 0.717) is 0 Å². The number of anilines is 1. The fourth-order valence-electron chi connectivity index (χ4n) is 2.01. The molecule has 0 aliphatic carbocycles. The lowest BCUT2D eigenvalue weighted by Crippen LogP contribution is -2.26. The highest BCUT2D eigenvalue weighted by Crippen LogP contribution is 2.25. The van der Waals surface area contributed by atoms with Gasteiger partial charge in [0.25, 0.3) is 5.91 Å². The maximum absolute atomic E-state index is 12.2. The summed E-state index contributed by atoms with van der Waals surface area (Å²) in [5.41, 5.74) is 6.83. The van der Waals surface area contributed by atoms with Crippen LogP contribution in [0.15, 0.2) is 42.5 Å². The third kappa shape index (κ3) is 3.25. The van der Waals surface area contributed by atoms with Crippen molar-refractivity contribution in [1.82, 2.24) is 5.32 Å². The van der Waals surface area contributed by atoms with Gasteiger partial charge in [-0.15, -0.1) is 0 Å². The summed E-state index contributed by atoms with van der Waals surface area (Å²) in [5.74, 6) is 0.142. The third-order valence-electron chi connectivity index (χ3n) is 3.25. The van der Waals surface area contributed by atoms with Gasteiger partial charge in [0.05, 0.1) is 24.4 Å². The lowest BCUT2D eigenvalue weighted by atomic mass is 10.1. The summed E-state index contributed by atoms with van der Waals surface area (Å²) < 4.78 is 5.16. The molecule has 4 N–H and O–H groups in total. The zero-order valence-electron chi connectivity index (χ0n) is 12.0. The molecule has 21 heavy (non-hydrogen) atoms. The quantitative estimate of drug-likeness (QED) is 0.595. The van der Waals surface area contributed by atoms with Crippen molar-refractivity contribution in [3.63, 3.8) is 0 Å². The summed E-state index contributed by atoms with van der Waals surface area (Å²) >= 11 is 0. The summed E-state index contributed by atoms with van der Waals surface area (Å²) in [6, 6.07) is 11.9. The molecule has 0 aliphatic rings. The van der Waals surface area contributed by atoms with Crippen LogP contribution in [-0.2, 0) is 0 Å². The molecular weight excluding hydrogens is 268 g/mol. The Hall–Kier alpha value is -2.69. The number of benzene rings is 2. The van der Waals surface area contributed by atoms with Gasteiger partial charge in [-0.2, -0.15) is 0 Å². The molecule has 1 unspecified atom stereocenters. The molecule has 0 aliphatic heterocycles. The molecule has 5 heteroatoms. The number of rotatable bonds is 4. The van der Waals surface area contributed by atoms with Crippen molar-refractivity contribution in [2.45, 2.75) is 13.0 Å². The highest BCUT2D eigenvalue weighted by Gasteiger charge is 2.16. The maximum Gasteiger partial charge on any atom is 0.255 e. The van der Waals surface area contributed by atoms with Gasteiger partial charge in [0.15, 0.2) is 5.75 Å². The van der Waals surface area contributed by atoms with Crippen LogP contribution in [-0.4, -0.2) is 18.1 Å².